The molecule has 0 atom stereocenters. The third-order valence-corrected chi connectivity index (χ3v) is 1.56. The molecule has 0 saturated carbocycles. The summed E-state index contributed by atoms with van der Waals surface area (Å²) in [7, 11) is 0. The highest BCUT2D eigenvalue weighted by Gasteiger charge is 1.90. The highest BCUT2D eigenvalue weighted by Crippen LogP contribution is 2.11. The lowest BCUT2D eigenvalue weighted by Crippen LogP contribution is -1.76. The van der Waals surface area contributed by atoms with E-state index < -0.39 is 0 Å². The molecule has 104 valence electrons. The van der Waals surface area contributed by atoms with Gasteiger partial charge in [0.05, 0.1) is 0 Å². The summed E-state index contributed by atoms with van der Waals surface area (Å²) < 4.78 is 0. The van der Waals surface area contributed by atoms with E-state index in [9.17, 15) is 0 Å². The Kier molecular flexibility index (Phi) is 25.6. The maximum absolute atomic E-state index is 3.74. The van der Waals surface area contributed by atoms with Crippen LogP contribution >= 0.6 is 0 Å². The van der Waals surface area contributed by atoms with Gasteiger partial charge in [-0.15, -0.1) is 0 Å². The number of hydrogen-bond acceptors (Lipinski definition) is 0. The monoisotopic (exact) mass is 248 g/mol. The fourth-order valence-corrected chi connectivity index (χ4v) is 1.03. The summed E-state index contributed by atoms with van der Waals surface area (Å²) in [6.45, 7) is 18.0. The molecule has 1 aromatic rings. The van der Waals surface area contributed by atoms with E-state index in [1.54, 1.807) is 0 Å². The van der Waals surface area contributed by atoms with Crippen LogP contribution in [0.3, 0.4) is 0 Å². The molecule has 18 heavy (non-hydrogen) atoms. The van der Waals surface area contributed by atoms with Crippen LogP contribution in [0.2, 0.25) is 0 Å². The maximum Gasteiger partial charge on any atom is -0.0188 e. The fourth-order valence-electron chi connectivity index (χ4n) is 1.03. The Balaban J connectivity index is -0.000000274. The summed E-state index contributed by atoms with van der Waals surface area (Å²) in [5.41, 5.74) is 2.41. The highest BCUT2D eigenvalue weighted by atomic mass is 13.9. The minimum atomic E-state index is 1.19. The molecule has 1 rings (SSSR count). The van der Waals surface area contributed by atoms with Gasteiger partial charge in [-0.2, -0.15) is 0 Å². The van der Waals surface area contributed by atoms with Gasteiger partial charge < -0.3 is 0 Å². The van der Waals surface area contributed by atoms with Gasteiger partial charge >= 0.3 is 0 Å². The first-order chi connectivity index (χ1) is 8.79. The molecule has 0 heterocycles. The predicted octanol–water partition coefficient (Wildman–Crippen LogP) is 6.83. The fraction of sp³-hybridized carbons (Fsp3) is 0.444. The molecule has 0 fully saturated rings. The smallest absolute Gasteiger partial charge is 0.0188 e. The van der Waals surface area contributed by atoms with Gasteiger partial charge in [-0.05, 0) is 18.1 Å². The lowest BCUT2D eigenvalue weighted by molar-refractivity contribution is 1.09. The van der Waals surface area contributed by atoms with E-state index in [1.807, 2.05) is 58.9 Å². The quantitative estimate of drug-likeness (QED) is 0.538. The Bertz CT molecular complexity index is 282. The predicted molar refractivity (Wildman–Crippen MR) is 89.9 cm³/mol. The van der Waals surface area contributed by atoms with E-state index >= 15 is 0 Å². The molecular weight excluding hydrogens is 216 g/mol. The minimum absolute atomic E-state index is 1.19. The third kappa shape index (κ3) is 12.8. The van der Waals surface area contributed by atoms with Crippen molar-refractivity contribution in [1.82, 2.24) is 0 Å². The molecule has 0 aliphatic heterocycles. The van der Waals surface area contributed by atoms with Crippen LogP contribution in [-0.2, 0) is 0 Å². The van der Waals surface area contributed by atoms with E-state index in [2.05, 4.69) is 38.6 Å². The Morgan fingerprint density at radius 1 is 0.944 bits per heavy atom. The van der Waals surface area contributed by atoms with Gasteiger partial charge in [0.2, 0.25) is 0 Å². The molecule has 0 aliphatic rings. The average molecular weight is 248 g/mol. The summed E-state index contributed by atoms with van der Waals surface area (Å²) in [5.74, 6) is 0. The topological polar surface area (TPSA) is 0 Å². The molecule has 0 unspecified atom stereocenters. The maximum atomic E-state index is 3.74. The molecular formula is C18H32. The zero-order chi connectivity index (χ0) is 14.8. The van der Waals surface area contributed by atoms with Crippen LogP contribution in [0.1, 0.15) is 66.0 Å². The SMILES string of the molecule is C=Cc1ccccc1/C=C\C.CC.CC.CCC. The summed E-state index contributed by atoms with van der Waals surface area (Å²) >= 11 is 0. The lowest BCUT2D eigenvalue weighted by atomic mass is 10.1. The summed E-state index contributed by atoms with van der Waals surface area (Å²) in [5, 5.41) is 0. The van der Waals surface area contributed by atoms with Crippen molar-refractivity contribution in [1.29, 1.82) is 0 Å². The van der Waals surface area contributed by atoms with Crippen LogP contribution in [0.15, 0.2) is 36.9 Å². The first kappa shape index (κ1) is 21.9. The number of rotatable bonds is 2. The van der Waals surface area contributed by atoms with Crippen LogP contribution in [0.5, 0.6) is 0 Å². The normalized spacial score (nSPS) is 7.94. The molecule has 0 N–H and O–H groups in total. The number of allylic oxidation sites excluding steroid dienone is 1. The second-order valence-corrected chi connectivity index (χ2v) is 3.04. The van der Waals surface area contributed by atoms with Gasteiger partial charge in [0.25, 0.3) is 0 Å². The molecule has 0 amide bonds. The van der Waals surface area contributed by atoms with Crippen LogP contribution in [0, 0.1) is 0 Å². The largest absolute Gasteiger partial charge is 0.0984 e. The van der Waals surface area contributed by atoms with Gasteiger partial charge in [0, 0.05) is 0 Å². The van der Waals surface area contributed by atoms with E-state index in [4.69, 9.17) is 0 Å². The Morgan fingerprint density at radius 3 is 1.67 bits per heavy atom. The Labute approximate surface area is 115 Å². The molecule has 0 heteroatoms. The number of benzene rings is 1. The van der Waals surface area contributed by atoms with Crippen LogP contribution in [0.4, 0.5) is 0 Å². The van der Waals surface area contributed by atoms with Crippen molar-refractivity contribution < 1.29 is 0 Å². The van der Waals surface area contributed by atoms with Crippen molar-refractivity contribution in [3.05, 3.63) is 48.0 Å². The zero-order valence-corrected chi connectivity index (χ0v) is 13.5. The van der Waals surface area contributed by atoms with E-state index in [1.165, 1.54) is 17.5 Å². The molecule has 1 aromatic carbocycles. The Hall–Kier alpha value is -1.30. The van der Waals surface area contributed by atoms with Gasteiger partial charge in [-0.3, -0.25) is 0 Å². The average Bonchev–Trinajstić information content (AvgIpc) is 2.45. The highest BCUT2D eigenvalue weighted by molar-refractivity contribution is 5.63. The standard InChI is InChI=1S/C11H12.C3H8.2C2H6/c1-3-7-11-9-6-5-8-10(11)4-2;1-3-2;2*1-2/h3-9H,2H2,1H3;3H2,1-2H3;2*1-2H3/b7-3-;;;. The first-order valence-electron chi connectivity index (χ1n) is 7.14. The van der Waals surface area contributed by atoms with Gasteiger partial charge in [-0.25, -0.2) is 0 Å². The molecule has 0 aromatic heterocycles. The van der Waals surface area contributed by atoms with Crippen molar-refractivity contribution in [3.63, 3.8) is 0 Å². The molecule has 0 spiro atoms. The van der Waals surface area contributed by atoms with Crippen molar-refractivity contribution >= 4 is 12.2 Å². The van der Waals surface area contributed by atoms with Crippen molar-refractivity contribution in [3.8, 4) is 0 Å². The van der Waals surface area contributed by atoms with Crippen LogP contribution < -0.4 is 0 Å². The summed E-state index contributed by atoms with van der Waals surface area (Å²) in [6, 6.07) is 8.19. The summed E-state index contributed by atoms with van der Waals surface area (Å²) in [4.78, 5) is 0. The Morgan fingerprint density at radius 2 is 1.33 bits per heavy atom. The first-order valence-corrected chi connectivity index (χ1v) is 7.14. The van der Waals surface area contributed by atoms with Crippen LogP contribution in [-0.4, -0.2) is 0 Å². The molecule has 0 nitrogen and oxygen atoms in total. The zero-order valence-electron chi connectivity index (χ0n) is 13.5. The van der Waals surface area contributed by atoms with Crippen LogP contribution in [0.25, 0.3) is 12.2 Å². The van der Waals surface area contributed by atoms with Gasteiger partial charge in [-0.1, -0.05) is 97.0 Å². The van der Waals surface area contributed by atoms with Crippen molar-refractivity contribution in [2.24, 2.45) is 0 Å². The molecule has 0 radical (unpaired) electrons. The minimum Gasteiger partial charge on any atom is -0.0984 e. The second-order valence-electron chi connectivity index (χ2n) is 3.04. The second kappa shape index (κ2) is 21.0. The van der Waals surface area contributed by atoms with Gasteiger partial charge in [0.15, 0.2) is 0 Å². The lowest BCUT2D eigenvalue weighted by Gasteiger charge is -1.97. The van der Waals surface area contributed by atoms with E-state index in [0.29, 0.717) is 0 Å². The third-order valence-electron chi connectivity index (χ3n) is 1.56. The summed E-state index contributed by atoms with van der Waals surface area (Å²) in [6.07, 6.45) is 7.23. The molecule has 0 bridgehead atoms. The molecule has 0 aliphatic carbocycles. The molecule has 0 saturated heterocycles. The van der Waals surface area contributed by atoms with E-state index in [-0.39, 0.29) is 0 Å². The van der Waals surface area contributed by atoms with Crippen molar-refractivity contribution in [2.75, 3.05) is 0 Å². The van der Waals surface area contributed by atoms with Crippen molar-refractivity contribution in [2.45, 2.75) is 54.9 Å². The van der Waals surface area contributed by atoms with Gasteiger partial charge in [0.1, 0.15) is 0 Å². The number of hydrogen-bond donors (Lipinski definition) is 0. The van der Waals surface area contributed by atoms with E-state index in [0.717, 1.165) is 0 Å².